The molecule has 1 saturated heterocycles. The predicted molar refractivity (Wildman–Crippen MR) is 96.6 cm³/mol. The smallest absolute Gasteiger partial charge is 0.266 e. The minimum Gasteiger partial charge on any atom is -0.472 e. The van der Waals surface area contributed by atoms with E-state index in [9.17, 15) is 4.79 Å². The Morgan fingerprint density at radius 1 is 1.40 bits per heavy atom. The lowest BCUT2D eigenvalue weighted by atomic mass is 10.2. The summed E-state index contributed by atoms with van der Waals surface area (Å²) in [4.78, 5) is 16.9. The summed E-state index contributed by atoms with van der Waals surface area (Å²) < 4.78 is 6.83. The molecule has 1 unspecified atom stereocenters. The van der Waals surface area contributed by atoms with Gasteiger partial charge >= 0.3 is 0 Å². The number of carbonyl (C=O) groups is 1. The van der Waals surface area contributed by atoms with Crippen LogP contribution in [0.5, 0.6) is 0 Å². The van der Waals surface area contributed by atoms with Crippen LogP contribution in [-0.4, -0.2) is 27.1 Å². The van der Waals surface area contributed by atoms with E-state index in [4.69, 9.17) is 4.42 Å². The Morgan fingerprint density at radius 3 is 3.08 bits per heavy atom. The normalized spacial score (nSPS) is 17.9. The quantitative estimate of drug-likeness (QED) is 0.758. The third-order valence-electron chi connectivity index (χ3n) is 4.57. The van der Waals surface area contributed by atoms with Gasteiger partial charge < -0.3 is 9.73 Å². The van der Waals surface area contributed by atoms with Crippen LogP contribution < -0.4 is 5.32 Å². The molecule has 3 aromatic rings. The average molecular weight is 356 g/mol. The number of anilines is 1. The second-order valence-corrected chi connectivity index (χ2v) is 7.37. The van der Waals surface area contributed by atoms with E-state index in [1.807, 2.05) is 19.2 Å². The molecule has 1 N–H and O–H groups in total. The van der Waals surface area contributed by atoms with E-state index < -0.39 is 0 Å². The second-order valence-electron chi connectivity index (χ2n) is 6.26. The van der Waals surface area contributed by atoms with E-state index in [-0.39, 0.29) is 5.91 Å². The predicted octanol–water partition coefficient (Wildman–Crippen LogP) is 3.66. The van der Waals surface area contributed by atoms with Crippen LogP contribution in [0.15, 0.2) is 47.4 Å². The van der Waals surface area contributed by atoms with Gasteiger partial charge in [0.05, 0.1) is 23.6 Å². The molecule has 7 heteroatoms. The molecule has 25 heavy (non-hydrogen) atoms. The highest BCUT2D eigenvalue weighted by atomic mass is 32.1. The molecule has 1 amide bonds. The first-order chi connectivity index (χ1) is 12.2. The van der Waals surface area contributed by atoms with Crippen molar-refractivity contribution in [2.45, 2.75) is 25.4 Å². The molecule has 1 aliphatic heterocycles. The van der Waals surface area contributed by atoms with E-state index in [1.54, 1.807) is 40.8 Å². The molecule has 0 saturated carbocycles. The largest absolute Gasteiger partial charge is 0.472 e. The van der Waals surface area contributed by atoms with Crippen LogP contribution in [0, 0.1) is 0 Å². The van der Waals surface area contributed by atoms with Crippen LogP contribution >= 0.6 is 11.3 Å². The van der Waals surface area contributed by atoms with Crippen molar-refractivity contribution in [3.63, 3.8) is 0 Å². The molecular formula is C18H20N4O2S. The van der Waals surface area contributed by atoms with Crippen molar-refractivity contribution in [1.29, 1.82) is 0 Å². The van der Waals surface area contributed by atoms with Gasteiger partial charge in [0, 0.05) is 36.1 Å². The van der Waals surface area contributed by atoms with Crippen molar-refractivity contribution in [3.8, 4) is 0 Å². The lowest BCUT2D eigenvalue weighted by Crippen LogP contribution is -2.21. The second kappa shape index (κ2) is 6.85. The van der Waals surface area contributed by atoms with Crippen molar-refractivity contribution >= 4 is 23.1 Å². The molecule has 1 aliphatic rings. The highest BCUT2D eigenvalue weighted by Crippen LogP contribution is 2.37. The first kappa shape index (κ1) is 16.1. The summed E-state index contributed by atoms with van der Waals surface area (Å²) >= 11 is 1.58. The van der Waals surface area contributed by atoms with Crippen LogP contribution in [0.2, 0.25) is 0 Å². The maximum absolute atomic E-state index is 12.5. The summed E-state index contributed by atoms with van der Waals surface area (Å²) in [6.45, 7) is 1.96. The molecule has 3 aromatic heterocycles. The fourth-order valence-corrected chi connectivity index (χ4v) is 4.36. The zero-order valence-electron chi connectivity index (χ0n) is 14.0. The number of furan rings is 1. The zero-order valence-corrected chi connectivity index (χ0v) is 14.8. The minimum absolute atomic E-state index is 0.0840. The van der Waals surface area contributed by atoms with Gasteiger partial charge in [-0.2, -0.15) is 5.10 Å². The molecule has 1 atom stereocenters. The van der Waals surface area contributed by atoms with E-state index in [1.165, 1.54) is 16.9 Å². The third kappa shape index (κ3) is 3.38. The maximum Gasteiger partial charge on any atom is 0.266 e. The van der Waals surface area contributed by atoms with Crippen molar-refractivity contribution in [2.75, 3.05) is 11.9 Å². The number of carbonyl (C=O) groups excluding carboxylic acids is 1. The van der Waals surface area contributed by atoms with Gasteiger partial charge in [-0.15, -0.1) is 11.3 Å². The van der Waals surface area contributed by atoms with Crippen LogP contribution in [0.1, 0.15) is 39.0 Å². The first-order valence-corrected chi connectivity index (χ1v) is 9.16. The monoisotopic (exact) mass is 356 g/mol. The van der Waals surface area contributed by atoms with Crippen LogP contribution in [0.25, 0.3) is 0 Å². The van der Waals surface area contributed by atoms with Crippen LogP contribution in [0.3, 0.4) is 0 Å². The lowest BCUT2D eigenvalue weighted by molar-refractivity contribution is 0.102. The van der Waals surface area contributed by atoms with Gasteiger partial charge in [-0.3, -0.25) is 14.4 Å². The fraction of sp³-hybridized carbons (Fsp3) is 0.333. The van der Waals surface area contributed by atoms with E-state index in [2.05, 4.69) is 21.4 Å². The fourth-order valence-electron chi connectivity index (χ4n) is 3.28. The summed E-state index contributed by atoms with van der Waals surface area (Å²) in [7, 11) is 1.81. The topological polar surface area (TPSA) is 63.3 Å². The third-order valence-corrected chi connectivity index (χ3v) is 5.76. The Hall–Kier alpha value is -2.38. The molecule has 4 heterocycles. The number of hydrogen-bond donors (Lipinski definition) is 1. The molecule has 0 bridgehead atoms. The zero-order chi connectivity index (χ0) is 17.2. The number of aromatic nitrogens is 2. The van der Waals surface area contributed by atoms with Gasteiger partial charge in [0.1, 0.15) is 5.82 Å². The van der Waals surface area contributed by atoms with Gasteiger partial charge in [0.15, 0.2) is 0 Å². The minimum atomic E-state index is -0.0840. The van der Waals surface area contributed by atoms with E-state index in [0.29, 0.717) is 11.9 Å². The molecule has 1 fully saturated rings. The number of nitrogens with one attached hydrogen (secondary N) is 1. The molecule has 0 aromatic carbocycles. The number of likely N-dealkylation sites (tertiary alicyclic amines) is 1. The number of rotatable bonds is 5. The highest BCUT2D eigenvalue weighted by molar-refractivity contribution is 7.14. The van der Waals surface area contributed by atoms with Crippen molar-refractivity contribution in [1.82, 2.24) is 14.7 Å². The Bertz CT molecular complexity index is 852. The molecular weight excluding hydrogens is 336 g/mol. The Kier molecular flexibility index (Phi) is 4.42. The summed E-state index contributed by atoms with van der Waals surface area (Å²) in [5, 5.41) is 6.97. The maximum atomic E-state index is 12.5. The van der Waals surface area contributed by atoms with Gasteiger partial charge in [0.2, 0.25) is 0 Å². The number of amides is 1. The molecule has 130 valence electrons. The Labute approximate surface area is 150 Å². The molecule has 0 aliphatic carbocycles. The SMILES string of the molecule is Cn1nccc1NC(=O)c1ccc(C2CCCN2Cc2ccoc2)s1. The molecule has 0 radical (unpaired) electrons. The molecule has 4 rings (SSSR count). The first-order valence-electron chi connectivity index (χ1n) is 8.35. The Balaban J connectivity index is 1.46. The van der Waals surface area contributed by atoms with Crippen molar-refractivity contribution in [3.05, 3.63) is 58.3 Å². The number of hydrogen-bond acceptors (Lipinski definition) is 5. The van der Waals surface area contributed by atoms with Crippen molar-refractivity contribution in [2.24, 2.45) is 7.05 Å². The van der Waals surface area contributed by atoms with Gasteiger partial charge in [-0.1, -0.05) is 0 Å². The van der Waals surface area contributed by atoms with Crippen molar-refractivity contribution < 1.29 is 9.21 Å². The van der Waals surface area contributed by atoms with E-state index >= 15 is 0 Å². The number of nitrogens with zero attached hydrogens (tertiary/aromatic N) is 3. The number of aryl methyl sites for hydroxylation is 1. The highest BCUT2D eigenvalue weighted by Gasteiger charge is 2.28. The summed E-state index contributed by atoms with van der Waals surface area (Å²) in [6.07, 6.45) is 7.49. The van der Waals surface area contributed by atoms with Crippen LogP contribution in [0.4, 0.5) is 5.82 Å². The average Bonchev–Trinajstić information content (AvgIpc) is 3.36. The van der Waals surface area contributed by atoms with Gasteiger partial charge in [0.25, 0.3) is 5.91 Å². The van der Waals surface area contributed by atoms with E-state index in [0.717, 1.165) is 24.4 Å². The van der Waals surface area contributed by atoms with Crippen LogP contribution in [-0.2, 0) is 13.6 Å². The Morgan fingerprint density at radius 2 is 2.32 bits per heavy atom. The summed E-state index contributed by atoms with van der Waals surface area (Å²) in [6, 6.07) is 8.17. The lowest BCUT2D eigenvalue weighted by Gasteiger charge is -2.22. The molecule has 0 spiro atoms. The van der Waals surface area contributed by atoms with Gasteiger partial charge in [-0.25, -0.2) is 0 Å². The summed E-state index contributed by atoms with van der Waals surface area (Å²) in [5.41, 5.74) is 1.19. The standard InChI is InChI=1S/C18H20N4O2S/c1-21-17(6-8-19-21)20-18(23)16-5-4-15(25-16)14-3-2-9-22(14)11-13-7-10-24-12-13/h4-8,10,12,14H,2-3,9,11H2,1H3,(H,20,23). The van der Waals surface area contributed by atoms with Gasteiger partial charge in [-0.05, 0) is 37.6 Å². The number of thiophene rings is 1. The summed E-state index contributed by atoms with van der Waals surface area (Å²) in [5.74, 6) is 0.613. The molecule has 6 nitrogen and oxygen atoms in total.